The third-order valence-electron chi connectivity index (χ3n) is 4.04. The molecule has 1 heterocycles. The molecule has 2 unspecified atom stereocenters. The molecule has 1 aliphatic heterocycles. The van der Waals surface area contributed by atoms with Crippen LogP contribution >= 0.6 is 15.9 Å². The van der Waals surface area contributed by atoms with Gasteiger partial charge in [-0.1, -0.05) is 28.4 Å². The van der Waals surface area contributed by atoms with Crippen LogP contribution in [0.3, 0.4) is 0 Å². The van der Waals surface area contributed by atoms with Crippen LogP contribution in [0.25, 0.3) is 0 Å². The molecule has 2 aliphatic carbocycles. The predicted molar refractivity (Wildman–Crippen MR) is 60.7 cm³/mol. The molecule has 0 N–H and O–H groups in total. The van der Waals surface area contributed by atoms with Gasteiger partial charge in [0.25, 0.3) is 0 Å². The van der Waals surface area contributed by atoms with E-state index in [-0.39, 0.29) is 12.1 Å². The summed E-state index contributed by atoms with van der Waals surface area (Å²) in [5.41, 5.74) is 2.98. The highest BCUT2D eigenvalue weighted by Crippen LogP contribution is 2.50. The van der Waals surface area contributed by atoms with E-state index in [0.717, 1.165) is 6.42 Å². The standard InChI is InChI=1S/C12H15BrO2/c1-6-2-3-9(13)8-4-7-5-10(14)15-12(7)11(6)8/h6-7,9,12H,2-5H2,1H3/t6?,7-,9?,12+/m1/s1. The van der Waals surface area contributed by atoms with Gasteiger partial charge in [0, 0.05) is 10.7 Å². The van der Waals surface area contributed by atoms with Gasteiger partial charge in [-0.15, -0.1) is 0 Å². The summed E-state index contributed by atoms with van der Waals surface area (Å²) in [5, 5.41) is 0. The Balaban J connectivity index is 1.97. The number of allylic oxidation sites excluding steroid dienone is 1. The fraction of sp³-hybridized carbons (Fsp3) is 0.750. The number of carbonyl (C=O) groups is 1. The zero-order chi connectivity index (χ0) is 10.6. The van der Waals surface area contributed by atoms with E-state index in [2.05, 4.69) is 22.9 Å². The maximum Gasteiger partial charge on any atom is 0.306 e. The summed E-state index contributed by atoms with van der Waals surface area (Å²) in [7, 11) is 0. The summed E-state index contributed by atoms with van der Waals surface area (Å²) >= 11 is 3.75. The van der Waals surface area contributed by atoms with E-state index >= 15 is 0 Å². The molecule has 0 aromatic heterocycles. The Morgan fingerprint density at radius 3 is 2.93 bits per heavy atom. The number of carbonyl (C=O) groups excluding carboxylic acids is 1. The molecule has 0 spiro atoms. The Kier molecular flexibility index (Phi) is 2.20. The highest BCUT2D eigenvalue weighted by molar-refractivity contribution is 9.09. The van der Waals surface area contributed by atoms with Crippen molar-refractivity contribution in [3.8, 4) is 0 Å². The van der Waals surface area contributed by atoms with Gasteiger partial charge in [0.1, 0.15) is 6.10 Å². The molecule has 1 saturated heterocycles. The molecule has 3 aliphatic rings. The lowest BCUT2D eigenvalue weighted by atomic mass is 9.84. The predicted octanol–water partition coefficient (Wildman–Crippen LogP) is 2.81. The third kappa shape index (κ3) is 1.39. The number of rotatable bonds is 0. The number of hydrogen-bond donors (Lipinski definition) is 0. The number of halogens is 1. The molecular weight excluding hydrogens is 256 g/mol. The fourth-order valence-electron chi connectivity index (χ4n) is 3.32. The number of esters is 1. The van der Waals surface area contributed by atoms with Crippen molar-refractivity contribution in [1.29, 1.82) is 0 Å². The zero-order valence-electron chi connectivity index (χ0n) is 8.83. The monoisotopic (exact) mass is 270 g/mol. The van der Waals surface area contributed by atoms with E-state index < -0.39 is 0 Å². The molecule has 0 saturated carbocycles. The maximum atomic E-state index is 11.3. The largest absolute Gasteiger partial charge is 0.457 e. The van der Waals surface area contributed by atoms with Crippen LogP contribution in [0.5, 0.6) is 0 Å². The van der Waals surface area contributed by atoms with Gasteiger partial charge < -0.3 is 4.74 Å². The molecule has 15 heavy (non-hydrogen) atoms. The van der Waals surface area contributed by atoms with Crippen molar-refractivity contribution in [2.45, 2.75) is 43.5 Å². The van der Waals surface area contributed by atoms with Crippen molar-refractivity contribution in [3.63, 3.8) is 0 Å². The quantitative estimate of drug-likeness (QED) is 0.385. The average molecular weight is 271 g/mol. The normalized spacial score (nSPS) is 44.0. The van der Waals surface area contributed by atoms with Crippen LogP contribution < -0.4 is 0 Å². The number of alkyl halides is 1. The second-order valence-corrected chi connectivity index (χ2v) is 6.11. The van der Waals surface area contributed by atoms with Gasteiger partial charge >= 0.3 is 5.97 Å². The Hall–Kier alpha value is -0.310. The minimum Gasteiger partial charge on any atom is -0.457 e. The highest BCUT2D eigenvalue weighted by Gasteiger charge is 2.47. The lowest BCUT2D eigenvalue weighted by Crippen LogP contribution is -2.22. The molecule has 82 valence electrons. The smallest absolute Gasteiger partial charge is 0.306 e. The number of ether oxygens (including phenoxy) is 1. The van der Waals surface area contributed by atoms with Crippen LogP contribution in [-0.2, 0) is 9.53 Å². The first kappa shape index (κ1) is 9.88. The zero-order valence-corrected chi connectivity index (χ0v) is 10.4. The van der Waals surface area contributed by atoms with Gasteiger partial charge in [-0.05, 0) is 30.8 Å². The van der Waals surface area contributed by atoms with Gasteiger partial charge in [0.2, 0.25) is 0 Å². The summed E-state index contributed by atoms with van der Waals surface area (Å²) in [6.45, 7) is 2.27. The van der Waals surface area contributed by atoms with Gasteiger partial charge in [-0.25, -0.2) is 0 Å². The summed E-state index contributed by atoms with van der Waals surface area (Å²) in [6, 6.07) is 0. The molecule has 4 atom stereocenters. The van der Waals surface area contributed by atoms with Crippen molar-refractivity contribution >= 4 is 21.9 Å². The summed E-state index contributed by atoms with van der Waals surface area (Å²) in [6.07, 6.45) is 4.28. The first-order chi connectivity index (χ1) is 7.16. The Labute approximate surface area is 98.2 Å². The highest BCUT2D eigenvalue weighted by atomic mass is 79.9. The summed E-state index contributed by atoms with van der Waals surface area (Å²) < 4.78 is 5.46. The number of hydrogen-bond acceptors (Lipinski definition) is 2. The maximum absolute atomic E-state index is 11.3. The van der Waals surface area contributed by atoms with E-state index in [0.29, 0.717) is 23.1 Å². The van der Waals surface area contributed by atoms with Gasteiger partial charge in [-0.2, -0.15) is 0 Å². The topological polar surface area (TPSA) is 26.3 Å². The lowest BCUT2D eigenvalue weighted by Gasteiger charge is -2.27. The van der Waals surface area contributed by atoms with Crippen molar-refractivity contribution in [3.05, 3.63) is 11.1 Å². The minimum absolute atomic E-state index is 0.000413. The van der Waals surface area contributed by atoms with Crippen molar-refractivity contribution < 1.29 is 9.53 Å². The Morgan fingerprint density at radius 2 is 2.13 bits per heavy atom. The van der Waals surface area contributed by atoms with Crippen LogP contribution in [0, 0.1) is 11.8 Å². The van der Waals surface area contributed by atoms with Gasteiger partial charge in [0.15, 0.2) is 0 Å². The van der Waals surface area contributed by atoms with Crippen LogP contribution in [0.15, 0.2) is 11.1 Å². The van der Waals surface area contributed by atoms with Crippen LogP contribution in [0.2, 0.25) is 0 Å². The van der Waals surface area contributed by atoms with Crippen LogP contribution in [0.4, 0.5) is 0 Å². The van der Waals surface area contributed by atoms with Crippen LogP contribution in [-0.4, -0.2) is 16.9 Å². The third-order valence-corrected chi connectivity index (χ3v) is 5.05. The molecule has 0 aromatic rings. The molecule has 0 amide bonds. The molecule has 1 fully saturated rings. The number of fused-ring (bicyclic) bond motifs is 2. The van der Waals surface area contributed by atoms with E-state index in [1.165, 1.54) is 24.0 Å². The second kappa shape index (κ2) is 3.34. The molecule has 0 aromatic carbocycles. The van der Waals surface area contributed by atoms with E-state index in [4.69, 9.17) is 4.74 Å². The van der Waals surface area contributed by atoms with Crippen molar-refractivity contribution in [2.75, 3.05) is 0 Å². The van der Waals surface area contributed by atoms with Crippen molar-refractivity contribution in [2.24, 2.45) is 11.8 Å². The SMILES string of the molecule is CC1CCC(Br)C2=C1[C@H]1OC(=O)C[C@H]1C2. The minimum atomic E-state index is 0.000413. The van der Waals surface area contributed by atoms with Crippen LogP contribution in [0.1, 0.15) is 32.6 Å². The molecular formula is C12H15BrO2. The fourth-order valence-corrected chi connectivity index (χ4v) is 4.03. The first-order valence-electron chi connectivity index (χ1n) is 5.73. The molecule has 3 heteroatoms. The molecule has 0 bridgehead atoms. The van der Waals surface area contributed by atoms with Gasteiger partial charge in [-0.3, -0.25) is 4.79 Å². The second-order valence-electron chi connectivity index (χ2n) is 5.01. The molecule has 2 nitrogen and oxygen atoms in total. The van der Waals surface area contributed by atoms with E-state index in [1.54, 1.807) is 0 Å². The molecule has 0 radical (unpaired) electrons. The van der Waals surface area contributed by atoms with E-state index in [9.17, 15) is 4.79 Å². The average Bonchev–Trinajstić information content (AvgIpc) is 2.67. The Bertz CT molecular complexity index is 348. The van der Waals surface area contributed by atoms with Crippen molar-refractivity contribution in [1.82, 2.24) is 0 Å². The van der Waals surface area contributed by atoms with Gasteiger partial charge in [0.05, 0.1) is 6.42 Å². The van der Waals surface area contributed by atoms with E-state index in [1.807, 2.05) is 0 Å². The summed E-state index contributed by atoms with van der Waals surface area (Å²) in [5.74, 6) is 1.05. The molecule has 3 rings (SSSR count). The summed E-state index contributed by atoms with van der Waals surface area (Å²) in [4.78, 5) is 11.8. The lowest BCUT2D eigenvalue weighted by molar-refractivity contribution is -0.140. The first-order valence-corrected chi connectivity index (χ1v) is 6.64. The Morgan fingerprint density at radius 1 is 1.33 bits per heavy atom.